The van der Waals surface area contributed by atoms with Gasteiger partial charge in [0.15, 0.2) is 15.6 Å². The minimum atomic E-state index is -4.33. The molecule has 1 aliphatic heterocycles. The maximum atomic E-state index is 15.6. The summed E-state index contributed by atoms with van der Waals surface area (Å²) in [5.74, 6) is -2.23. The van der Waals surface area contributed by atoms with Gasteiger partial charge in [0, 0.05) is 23.0 Å². The van der Waals surface area contributed by atoms with E-state index in [0.29, 0.717) is 9.50 Å². The highest BCUT2D eigenvalue weighted by molar-refractivity contribution is 9.10. The lowest BCUT2D eigenvalue weighted by Gasteiger charge is -2.36. The predicted molar refractivity (Wildman–Crippen MR) is 112 cm³/mol. The first-order valence-corrected chi connectivity index (χ1v) is 11.7. The molecule has 1 atom stereocenters. The Balaban J connectivity index is 1.79. The van der Waals surface area contributed by atoms with Crippen LogP contribution in [0.3, 0.4) is 0 Å². The van der Waals surface area contributed by atoms with Gasteiger partial charge < -0.3 is 4.90 Å². The fourth-order valence-corrected chi connectivity index (χ4v) is 5.16. The summed E-state index contributed by atoms with van der Waals surface area (Å²) >= 11 is 9.23. The Labute approximate surface area is 181 Å². The van der Waals surface area contributed by atoms with Gasteiger partial charge in [-0.15, -0.1) is 0 Å². The fourth-order valence-electron chi connectivity index (χ4n) is 3.15. The van der Waals surface area contributed by atoms with Gasteiger partial charge in [0.25, 0.3) is 10.9 Å². The SMILES string of the molecule is O=C(c1ccc(Br)c(Cl)c1)N1CCS(=O)(=O)[C@](F)(C(=O)CCc2ccccc2)C1. The Morgan fingerprint density at radius 1 is 1.17 bits per heavy atom. The lowest BCUT2D eigenvalue weighted by atomic mass is 10.0. The molecule has 5 nitrogen and oxygen atoms in total. The smallest absolute Gasteiger partial charge is 0.284 e. The number of rotatable bonds is 5. The molecule has 0 unspecified atom stereocenters. The second kappa shape index (κ2) is 8.53. The Hall–Kier alpha value is -1.77. The summed E-state index contributed by atoms with van der Waals surface area (Å²) in [6, 6.07) is 13.4. The molecule has 0 aliphatic carbocycles. The van der Waals surface area contributed by atoms with Gasteiger partial charge in [0.1, 0.15) is 0 Å². The van der Waals surface area contributed by atoms with E-state index >= 15 is 4.39 Å². The number of aryl methyl sites for hydroxylation is 1. The van der Waals surface area contributed by atoms with Crippen molar-refractivity contribution < 1.29 is 22.4 Å². The van der Waals surface area contributed by atoms with Crippen LogP contribution in [0, 0.1) is 0 Å². The molecule has 0 spiro atoms. The highest BCUT2D eigenvalue weighted by Crippen LogP contribution is 2.31. The molecule has 1 fully saturated rings. The lowest BCUT2D eigenvalue weighted by molar-refractivity contribution is -0.126. The zero-order chi connectivity index (χ0) is 21.2. The van der Waals surface area contributed by atoms with E-state index in [1.54, 1.807) is 30.3 Å². The highest BCUT2D eigenvalue weighted by Gasteiger charge is 2.55. The summed E-state index contributed by atoms with van der Waals surface area (Å²) in [6.45, 7) is -1.01. The topological polar surface area (TPSA) is 71.5 Å². The molecule has 1 saturated heterocycles. The summed E-state index contributed by atoms with van der Waals surface area (Å²) in [7, 11) is -4.33. The van der Waals surface area contributed by atoms with Crippen molar-refractivity contribution >= 4 is 49.1 Å². The van der Waals surface area contributed by atoms with E-state index in [4.69, 9.17) is 11.6 Å². The third-order valence-corrected chi connectivity index (χ3v) is 8.17. The van der Waals surface area contributed by atoms with Gasteiger partial charge in [-0.2, -0.15) is 0 Å². The number of carbonyl (C=O) groups is 2. The molecular weight excluding hydrogens is 485 g/mol. The van der Waals surface area contributed by atoms with Gasteiger partial charge in [-0.1, -0.05) is 41.9 Å². The van der Waals surface area contributed by atoms with Gasteiger partial charge >= 0.3 is 0 Å². The van der Waals surface area contributed by atoms with Gasteiger partial charge in [-0.25, -0.2) is 12.8 Å². The summed E-state index contributed by atoms with van der Waals surface area (Å²) < 4.78 is 40.9. The number of alkyl halides is 1. The first-order valence-electron chi connectivity index (χ1n) is 8.87. The summed E-state index contributed by atoms with van der Waals surface area (Å²) in [6.07, 6.45) is -0.0526. The van der Waals surface area contributed by atoms with Crippen LogP contribution in [0.25, 0.3) is 0 Å². The second-order valence-corrected chi connectivity index (χ2v) is 10.4. The van der Waals surface area contributed by atoms with Crippen molar-refractivity contribution in [3.05, 3.63) is 69.2 Å². The van der Waals surface area contributed by atoms with Crippen LogP contribution >= 0.6 is 27.5 Å². The average Bonchev–Trinajstić information content (AvgIpc) is 2.70. The van der Waals surface area contributed by atoms with Crippen molar-refractivity contribution in [3.8, 4) is 0 Å². The Morgan fingerprint density at radius 3 is 2.52 bits per heavy atom. The molecule has 0 radical (unpaired) electrons. The van der Waals surface area contributed by atoms with Gasteiger partial charge in [-0.3, -0.25) is 9.59 Å². The van der Waals surface area contributed by atoms with Crippen molar-refractivity contribution in [2.45, 2.75) is 17.8 Å². The monoisotopic (exact) mass is 501 g/mol. The number of nitrogens with zero attached hydrogens (tertiary/aromatic N) is 1. The zero-order valence-electron chi connectivity index (χ0n) is 15.3. The Bertz CT molecular complexity index is 1050. The van der Waals surface area contributed by atoms with E-state index < -0.39 is 38.8 Å². The van der Waals surface area contributed by atoms with Crippen LogP contribution < -0.4 is 0 Å². The van der Waals surface area contributed by atoms with Crippen molar-refractivity contribution in [2.24, 2.45) is 0 Å². The number of benzene rings is 2. The lowest BCUT2D eigenvalue weighted by Crippen LogP contribution is -2.59. The van der Waals surface area contributed by atoms with Crippen molar-refractivity contribution in [2.75, 3.05) is 18.8 Å². The molecule has 1 aliphatic rings. The quantitative estimate of drug-likeness (QED) is 0.623. The summed E-state index contributed by atoms with van der Waals surface area (Å²) in [5, 5.41) is -2.82. The van der Waals surface area contributed by atoms with Crippen LogP contribution in [0.1, 0.15) is 22.3 Å². The van der Waals surface area contributed by atoms with Gasteiger partial charge in [0.2, 0.25) is 0 Å². The van der Waals surface area contributed by atoms with Crippen molar-refractivity contribution in [3.63, 3.8) is 0 Å². The number of halogens is 3. The van der Waals surface area contributed by atoms with Crippen molar-refractivity contribution in [1.29, 1.82) is 0 Å². The van der Waals surface area contributed by atoms with Crippen molar-refractivity contribution in [1.82, 2.24) is 4.90 Å². The molecule has 3 rings (SSSR count). The maximum absolute atomic E-state index is 15.6. The fraction of sp³-hybridized carbons (Fsp3) is 0.300. The number of hydrogen-bond donors (Lipinski definition) is 0. The van der Waals surface area contributed by atoms with Crippen LogP contribution in [0.5, 0.6) is 0 Å². The number of Topliss-reactive ketones (excluding diaryl/α,β-unsaturated/α-hetero) is 1. The first-order chi connectivity index (χ1) is 13.6. The Kier molecular flexibility index (Phi) is 6.45. The standard InChI is InChI=1S/C20H18BrClFNO4S/c21-16-8-7-15(12-17(16)22)19(26)24-10-11-29(27,28)20(23,13-24)18(25)9-6-14-4-2-1-3-5-14/h1-5,7-8,12H,6,9-11,13H2/t20-/m0/s1. The van der Waals surface area contributed by atoms with Crippen LogP contribution in [0.4, 0.5) is 4.39 Å². The summed E-state index contributed by atoms with van der Waals surface area (Å²) in [5.41, 5.74) is 0.992. The third-order valence-electron chi connectivity index (χ3n) is 4.87. The molecule has 1 amide bonds. The van der Waals surface area contributed by atoms with E-state index in [1.165, 1.54) is 12.1 Å². The number of carbonyl (C=O) groups excluding carboxylic acids is 2. The van der Waals surface area contributed by atoms with Crippen LogP contribution in [0.15, 0.2) is 53.0 Å². The molecular formula is C20H18BrClFNO4S. The molecule has 29 heavy (non-hydrogen) atoms. The van der Waals surface area contributed by atoms with Crippen LogP contribution in [-0.2, 0) is 21.1 Å². The number of hydrogen-bond acceptors (Lipinski definition) is 4. The molecule has 1 heterocycles. The van der Waals surface area contributed by atoms with Gasteiger partial charge in [-0.05, 0) is 46.1 Å². The van der Waals surface area contributed by atoms with Gasteiger partial charge in [0.05, 0.1) is 17.3 Å². The largest absolute Gasteiger partial charge is 0.333 e. The normalized spacial score (nSPS) is 21.0. The molecule has 9 heteroatoms. The summed E-state index contributed by atoms with van der Waals surface area (Å²) in [4.78, 5) is 26.4. The van der Waals surface area contributed by atoms with E-state index in [2.05, 4.69) is 15.9 Å². The first kappa shape index (κ1) is 21.9. The van der Waals surface area contributed by atoms with Crippen LogP contribution in [0.2, 0.25) is 5.02 Å². The number of ketones is 1. The van der Waals surface area contributed by atoms with Crippen LogP contribution in [-0.4, -0.2) is 48.9 Å². The minimum Gasteiger partial charge on any atom is -0.333 e. The molecule has 2 aromatic rings. The predicted octanol–water partition coefficient (Wildman–Crippen LogP) is 3.84. The average molecular weight is 503 g/mol. The molecule has 2 aromatic carbocycles. The second-order valence-electron chi connectivity index (χ2n) is 6.81. The third kappa shape index (κ3) is 4.54. The molecule has 0 N–H and O–H groups in total. The van der Waals surface area contributed by atoms with E-state index in [9.17, 15) is 18.0 Å². The minimum absolute atomic E-state index is 0.188. The molecule has 154 valence electrons. The van der Waals surface area contributed by atoms with E-state index in [-0.39, 0.29) is 24.9 Å². The van der Waals surface area contributed by atoms with E-state index in [0.717, 1.165) is 10.5 Å². The molecule has 0 aromatic heterocycles. The van der Waals surface area contributed by atoms with E-state index in [1.807, 2.05) is 6.07 Å². The molecule has 0 bridgehead atoms. The Morgan fingerprint density at radius 2 is 1.86 bits per heavy atom. The zero-order valence-corrected chi connectivity index (χ0v) is 18.4. The number of sulfone groups is 1. The molecule has 0 saturated carbocycles. The highest BCUT2D eigenvalue weighted by atomic mass is 79.9. The maximum Gasteiger partial charge on any atom is 0.284 e. The number of amides is 1.